The largest absolute Gasteiger partial charge is 0.396 e. The molecule has 4 heteroatoms. The summed E-state index contributed by atoms with van der Waals surface area (Å²) in [6, 6.07) is 0. The van der Waals surface area contributed by atoms with Crippen molar-refractivity contribution in [3.05, 3.63) is 0 Å². The normalized spacial score (nSPS) is 12.5. The second-order valence-electron chi connectivity index (χ2n) is 56.0. The van der Waals surface area contributed by atoms with Crippen LogP contribution in [0, 0.1) is 66.0 Å². The molecular weight excluding hydrogens is 1550 g/mol. The quantitative estimate of drug-likeness (QED) is 0.0596. The van der Waals surface area contributed by atoms with Crippen LogP contribution in [0.25, 0.3) is 0 Å². The van der Waals surface area contributed by atoms with Gasteiger partial charge < -0.3 is 19.7 Å². The van der Waals surface area contributed by atoms with Gasteiger partial charge in [0.05, 0.1) is 11.2 Å². The van der Waals surface area contributed by atoms with Crippen LogP contribution in [-0.4, -0.2) is 47.8 Å². The first kappa shape index (κ1) is 146. The van der Waals surface area contributed by atoms with Crippen LogP contribution in [0.15, 0.2) is 0 Å². The van der Waals surface area contributed by atoms with E-state index < -0.39 is 0 Å². The summed E-state index contributed by atoms with van der Waals surface area (Å²) in [6.07, 6.45) is 88.4. The lowest BCUT2D eigenvalue weighted by Gasteiger charge is -2.19. The van der Waals surface area contributed by atoms with E-state index in [1.54, 1.807) is 0 Å². The monoisotopic (exact) mass is 1820 g/mol. The SMILES string of the molecule is CC(C)(C)CCCCCCCCCC(C)(C)C.CC(C)(C)CCCCCCCCCCC(C)(C)C.CC(C)(C)CCCCCCCCCCCC(C)(C)C.CC(C)(C)CCCCCCCCCCCO.CC(C)(C)CCCCCCCCCCOC(C)(C)C.CC(C)(C)CCCCCCCCCO.CC(C)(C)CCCCCCCCOC(C)(C)C.CC(C)C.CC(C)C. The van der Waals surface area contributed by atoms with Gasteiger partial charge in [-0.3, -0.25) is 0 Å². The van der Waals surface area contributed by atoms with Crippen molar-refractivity contribution in [3.63, 3.8) is 0 Å². The fourth-order valence-corrected chi connectivity index (χ4v) is 14.8. The van der Waals surface area contributed by atoms with E-state index in [-0.39, 0.29) is 11.2 Å². The lowest BCUT2D eigenvalue weighted by molar-refractivity contribution is -0.00511. The zero-order chi connectivity index (χ0) is 101. The predicted molar refractivity (Wildman–Crippen MR) is 597 cm³/mol. The fraction of sp³-hybridized carbons (Fsp3) is 1.00. The van der Waals surface area contributed by atoms with Gasteiger partial charge in [0.15, 0.2) is 0 Å². The van der Waals surface area contributed by atoms with Gasteiger partial charge in [0.2, 0.25) is 0 Å². The standard InChI is InChI=1S/C19H40.C18H38O.C18H38.C17H36.C16H34O.C15H32O.C13H28O.2C4H10/c1-18(2,3)16-14-12-10-8-7-9-11-13-15-17-19(4,5)6;1-17(2,3)15-13-11-9-7-8-10-12-14-16-19-18(4,5)6;1-17(2,3)15-13-11-9-7-8-10-12-14-16-18(4,5)6;1-16(2,3)14-12-10-8-7-9-11-13-15-17(4,5)6;1-15(2,3)13-11-9-7-8-10-12-14-17-16(4,5)6;1-15(2,3)13-11-9-7-5-4-6-8-10-12-14-16;1-13(2,3)11-9-7-5-4-6-8-10-12-14;2*1-4(2)3/h7-17H2,1-6H3;7-16H2,1-6H3;7-16H2,1-6H3;7-15H2,1-6H3;7-14H2,1-6H3;16H,4-14H2,1-3H3;14H,4-12H2,1-3H3;2*4H,1-3H3. The van der Waals surface area contributed by atoms with Gasteiger partial charge in [-0.25, -0.2) is 0 Å². The highest BCUT2D eigenvalue weighted by Crippen LogP contribution is 2.32. The summed E-state index contributed by atoms with van der Waals surface area (Å²) in [5, 5.41) is 17.2. The van der Waals surface area contributed by atoms with Gasteiger partial charge in [-0.05, 0) is 197 Å². The topological polar surface area (TPSA) is 58.9 Å². The molecule has 2 N–H and O–H groups in total. The number of unbranched alkanes of at least 4 members (excludes halogenated alkanes) is 47. The number of rotatable bonds is 63. The van der Waals surface area contributed by atoms with Crippen molar-refractivity contribution in [3.8, 4) is 0 Å². The minimum Gasteiger partial charge on any atom is -0.396 e. The number of hydrogen-bond donors (Lipinski definition) is 2. The third-order valence-electron chi connectivity index (χ3n) is 22.7. The van der Waals surface area contributed by atoms with Crippen LogP contribution >= 0.6 is 0 Å². The molecule has 0 rings (SSSR count). The lowest BCUT2D eigenvalue weighted by Crippen LogP contribution is -2.19. The summed E-state index contributed by atoms with van der Waals surface area (Å²) >= 11 is 0. The van der Waals surface area contributed by atoms with Gasteiger partial charge in [-0.15, -0.1) is 0 Å². The van der Waals surface area contributed by atoms with Crippen LogP contribution in [-0.2, 0) is 9.47 Å². The molecule has 0 radical (unpaired) electrons. The lowest BCUT2D eigenvalue weighted by atomic mass is 9.88. The number of aliphatic hydroxyl groups is 2. The van der Waals surface area contributed by atoms with E-state index in [2.05, 4.69) is 291 Å². The summed E-state index contributed by atoms with van der Waals surface area (Å²) < 4.78 is 11.4. The van der Waals surface area contributed by atoms with Gasteiger partial charge in [0.25, 0.3) is 0 Å². The summed E-state index contributed by atoms with van der Waals surface area (Å²) in [5.74, 6) is 1.67. The maximum absolute atomic E-state index is 8.63. The molecule has 0 spiro atoms. The first-order valence-corrected chi connectivity index (χ1v) is 57.1. The maximum atomic E-state index is 8.63. The molecule has 4 nitrogen and oxygen atoms in total. The van der Waals surface area contributed by atoms with Crippen LogP contribution in [0.3, 0.4) is 0 Å². The first-order valence-electron chi connectivity index (χ1n) is 57.1. The Labute approximate surface area is 819 Å². The van der Waals surface area contributed by atoms with Crippen molar-refractivity contribution >= 4 is 0 Å². The minimum atomic E-state index is 0.0344. The molecule has 786 valence electrons. The molecule has 0 aromatic carbocycles. The molecule has 0 amide bonds. The molecule has 0 aromatic rings. The fourth-order valence-electron chi connectivity index (χ4n) is 14.8. The Hall–Kier alpha value is -0.160. The van der Waals surface area contributed by atoms with E-state index in [1.165, 1.54) is 398 Å². The third kappa shape index (κ3) is 201. The highest BCUT2D eigenvalue weighted by Gasteiger charge is 2.18. The molecule has 0 unspecified atom stereocenters. The van der Waals surface area contributed by atoms with Gasteiger partial charge in [-0.1, -0.05) is 570 Å². The second-order valence-corrected chi connectivity index (χ2v) is 56.0. The Balaban J connectivity index is -0.000000182. The first-order chi connectivity index (χ1) is 58.6. The van der Waals surface area contributed by atoms with E-state index in [0.29, 0.717) is 67.4 Å². The van der Waals surface area contributed by atoms with Crippen LogP contribution in [0.5, 0.6) is 0 Å². The van der Waals surface area contributed by atoms with Crippen molar-refractivity contribution in [2.75, 3.05) is 26.4 Å². The van der Waals surface area contributed by atoms with Gasteiger partial charge >= 0.3 is 0 Å². The summed E-state index contributed by atoms with van der Waals surface area (Å²) in [4.78, 5) is 0. The van der Waals surface area contributed by atoms with Crippen LogP contribution in [0.2, 0.25) is 0 Å². The highest BCUT2D eigenvalue weighted by molar-refractivity contribution is 4.70. The molecule has 0 aliphatic heterocycles. The Morgan fingerprint density at radius 2 is 0.211 bits per heavy atom. The van der Waals surface area contributed by atoms with Crippen molar-refractivity contribution in [2.45, 2.75) is 713 Å². The molecule has 0 aliphatic carbocycles. The third-order valence-corrected chi connectivity index (χ3v) is 22.7. The highest BCUT2D eigenvalue weighted by atomic mass is 16.5. The molecule has 0 bridgehead atoms. The van der Waals surface area contributed by atoms with Crippen LogP contribution in [0.1, 0.15) is 702 Å². The van der Waals surface area contributed by atoms with Crippen molar-refractivity contribution < 1.29 is 19.7 Å². The van der Waals surface area contributed by atoms with Crippen LogP contribution in [0.4, 0.5) is 0 Å². The van der Waals surface area contributed by atoms with E-state index in [4.69, 9.17) is 19.7 Å². The van der Waals surface area contributed by atoms with Crippen molar-refractivity contribution in [2.24, 2.45) is 66.0 Å². The number of hydrogen-bond acceptors (Lipinski definition) is 4. The molecule has 0 fully saturated rings. The van der Waals surface area contributed by atoms with Gasteiger partial charge in [0.1, 0.15) is 0 Å². The minimum absolute atomic E-state index is 0.0344. The van der Waals surface area contributed by atoms with E-state index in [1.807, 2.05) is 0 Å². The Morgan fingerprint density at radius 3 is 0.289 bits per heavy atom. The average molecular weight is 1820 g/mol. The van der Waals surface area contributed by atoms with Gasteiger partial charge in [0, 0.05) is 26.4 Å². The van der Waals surface area contributed by atoms with E-state index in [0.717, 1.165) is 37.9 Å². The van der Waals surface area contributed by atoms with E-state index in [9.17, 15) is 0 Å². The van der Waals surface area contributed by atoms with E-state index >= 15 is 0 Å². The number of aliphatic hydroxyl groups excluding tert-OH is 2. The predicted octanol–water partition coefficient (Wildman–Crippen LogP) is 45.3. The van der Waals surface area contributed by atoms with Crippen molar-refractivity contribution in [1.82, 2.24) is 0 Å². The average Bonchev–Trinajstić information content (AvgIpc) is 0.928. The number of ether oxygens (including phenoxy) is 2. The maximum Gasteiger partial charge on any atom is 0.0598 e. The Bertz CT molecular complexity index is 1840. The molecular formula is C124H266O4. The van der Waals surface area contributed by atoms with Crippen LogP contribution < -0.4 is 0 Å². The Morgan fingerprint density at radius 1 is 0.133 bits per heavy atom. The molecule has 0 aromatic heterocycles. The smallest absolute Gasteiger partial charge is 0.0598 e. The summed E-state index contributed by atoms with van der Waals surface area (Å²) in [7, 11) is 0. The summed E-state index contributed by atoms with van der Waals surface area (Å²) in [5.41, 5.74) is 5.34. The second kappa shape index (κ2) is 91.9. The molecule has 128 heavy (non-hydrogen) atoms. The summed E-state index contributed by atoms with van der Waals surface area (Å²) in [6.45, 7) is 98.6. The van der Waals surface area contributed by atoms with Gasteiger partial charge in [-0.2, -0.15) is 0 Å². The molecule has 0 saturated carbocycles. The zero-order valence-corrected chi connectivity index (χ0v) is 98.9. The van der Waals surface area contributed by atoms with Crippen molar-refractivity contribution in [1.29, 1.82) is 0 Å². The molecule has 0 atom stereocenters. The molecule has 0 heterocycles. The molecule has 0 aliphatic rings. The zero-order valence-electron chi connectivity index (χ0n) is 98.9. The Kier molecular flexibility index (Phi) is 105. The molecule has 0 saturated heterocycles.